The van der Waals surface area contributed by atoms with Gasteiger partial charge in [-0.3, -0.25) is 9.59 Å². The lowest BCUT2D eigenvalue weighted by molar-refractivity contribution is -0.138. The summed E-state index contributed by atoms with van der Waals surface area (Å²) in [5.41, 5.74) is 4.94. The van der Waals surface area contributed by atoms with Gasteiger partial charge in [-0.2, -0.15) is 0 Å². The molecule has 2 atom stereocenters. The molecule has 190 valence electrons. The topological polar surface area (TPSA) is 92.4 Å². The molecule has 2 aliphatic rings. The number of carbonyl (C=O) groups is 2. The van der Waals surface area contributed by atoms with Gasteiger partial charge in [-0.05, 0) is 81.3 Å². The quantitative estimate of drug-likeness (QED) is 0.364. The molecule has 1 amide bonds. The van der Waals surface area contributed by atoms with Crippen LogP contribution in [-0.2, 0) is 9.59 Å². The van der Waals surface area contributed by atoms with Crippen LogP contribution in [0.4, 0.5) is 5.69 Å². The Morgan fingerprint density at radius 1 is 1.11 bits per heavy atom. The summed E-state index contributed by atoms with van der Waals surface area (Å²) in [6.45, 7) is 10.5. The minimum Gasteiger partial charge on any atom is -0.481 e. The van der Waals surface area contributed by atoms with Crippen LogP contribution in [0.3, 0.4) is 0 Å². The van der Waals surface area contributed by atoms with Crippen molar-refractivity contribution in [1.82, 2.24) is 5.16 Å². The first kappa shape index (κ1) is 25.5. The zero-order valence-corrected chi connectivity index (χ0v) is 21.8. The molecule has 6 heteroatoms. The number of hydrogen-bond donors (Lipinski definition) is 2. The van der Waals surface area contributed by atoms with Crippen LogP contribution in [-0.4, -0.2) is 22.1 Å². The maximum atomic E-state index is 13.2. The zero-order chi connectivity index (χ0) is 25.3. The molecule has 0 bridgehead atoms. The second kappa shape index (κ2) is 10.5. The summed E-state index contributed by atoms with van der Waals surface area (Å²) in [6, 6.07) is 5.94. The summed E-state index contributed by atoms with van der Waals surface area (Å²) in [5, 5.41) is 17.1. The second-order valence-corrected chi connectivity index (χ2v) is 11.5. The van der Waals surface area contributed by atoms with E-state index >= 15 is 0 Å². The first-order chi connectivity index (χ1) is 16.6. The molecule has 0 spiro atoms. The van der Waals surface area contributed by atoms with Gasteiger partial charge in [-0.1, -0.05) is 43.6 Å². The Kier molecular flexibility index (Phi) is 7.67. The Bertz CT molecular complexity index is 1060. The lowest BCUT2D eigenvalue weighted by atomic mass is 9.69. The van der Waals surface area contributed by atoms with Crippen molar-refractivity contribution in [2.75, 3.05) is 5.32 Å². The van der Waals surface area contributed by atoms with E-state index < -0.39 is 5.97 Å². The van der Waals surface area contributed by atoms with Crippen LogP contribution in [0.15, 0.2) is 22.7 Å². The number of rotatable bonds is 11. The van der Waals surface area contributed by atoms with Gasteiger partial charge in [0.2, 0.25) is 5.91 Å². The third-order valence-electron chi connectivity index (χ3n) is 7.78. The number of aliphatic carboxylic acids is 1. The Balaban J connectivity index is 1.56. The van der Waals surface area contributed by atoms with E-state index in [4.69, 9.17) is 4.52 Å². The number of hydrogen-bond acceptors (Lipinski definition) is 4. The van der Waals surface area contributed by atoms with Crippen molar-refractivity contribution in [3.05, 3.63) is 46.3 Å². The highest BCUT2D eigenvalue weighted by molar-refractivity contribution is 5.92. The Hall–Kier alpha value is -2.63. The van der Waals surface area contributed by atoms with Crippen LogP contribution in [0.2, 0.25) is 0 Å². The molecule has 0 saturated heterocycles. The summed E-state index contributed by atoms with van der Waals surface area (Å²) in [5.74, 6) is 1.77. The van der Waals surface area contributed by atoms with Crippen molar-refractivity contribution in [3.63, 3.8) is 0 Å². The lowest BCUT2D eigenvalue weighted by Crippen LogP contribution is -2.24. The molecule has 1 aromatic carbocycles. The average molecular weight is 481 g/mol. The normalized spacial score (nSPS) is 21.4. The van der Waals surface area contributed by atoms with Gasteiger partial charge in [0, 0.05) is 35.9 Å². The Morgan fingerprint density at radius 2 is 1.83 bits per heavy atom. The number of nitrogens with one attached hydrogen (secondary N) is 1. The third kappa shape index (κ3) is 6.14. The largest absolute Gasteiger partial charge is 0.481 e. The molecule has 2 saturated carbocycles. The van der Waals surface area contributed by atoms with Gasteiger partial charge in [-0.15, -0.1) is 0 Å². The molecular weight excluding hydrogens is 440 g/mol. The summed E-state index contributed by atoms with van der Waals surface area (Å²) in [4.78, 5) is 24.7. The zero-order valence-electron chi connectivity index (χ0n) is 21.8. The van der Waals surface area contributed by atoms with Crippen molar-refractivity contribution < 1.29 is 19.2 Å². The number of carboxylic acids is 1. The molecule has 2 unspecified atom stereocenters. The molecular formula is C29H40N2O4. The monoisotopic (exact) mass is 480 g/mol. The highest BCUT2D eigenvalue weighted by atomic mass is 16.5. The predicted octanol–water partition coefficient (Wildman–Crippen LogP) is 6.93. The Labute approximate surface area is 208 Å². The van der Waals surface area contributed by atoms with Gasteiger partial charge in [0.25, 0.3) is 0 Å². The molecule has 2 aromatic rings. The molecule has 2 N–H and O–H groups in total. The van der Waals surface area contributed by atoms with E-state index in [1.807, 2.05) is 39.0 Å². The number of aryl methyl sites for hydroxylation is 2. The number of carbonyl (C=O) groups excluding carboxylic acids is 1. The number of benzene rings is 1. The smallest absolute Gasteiger partial charge is 0.303 e. The number of anilines is 1. The molecule has 2 aliphatic carbocycles. The first-order valence-electron chi connectivity index (χ1n) is 13.2. The fourth-order valence-corrected chi connectivity index (χ4v) is 5.82. The van der Waals surface area contributed by atoms with Crippen LogP contribution >= 0.6 is 0 Å². The molecule has 2 fully saturated rings. The van der Waals surface area contributed by atoms with E-state index in [1.165, 1.54) is 12.0 Å². The third-order valence-corrected chi connectivity index (χ3v) is 7.78. The molecule has 0 radical (unpaired) electrons. The minimum atomic E-state index is -0.857. The van der Waals surface area contributed by atoms with Gasteiger partial charge >= 0.3 is 5.97 Å². The van der Waals surface area contributed by atoms with Crippen molar-refractivity contribution in [2.45, 2.75) is 97.3 Å². The summed E-state index contributed by atoms with van der Waals surface area (Å²) in [7, 11) is 0. The SMILES string of the molecule is Cc1ccc(NC(=O)CC(c2noc(C3CC(CC(C)C)C3)c2C2CC2)C(C)CC(=O)O)c(C)c1. The van der Waals surface area contributed by atoms with Crippen molar-refractivity contribution in [1.29, 1.82) is 0 Å². The highest BCUT2D eigenvalue weighted by Crippen LogP contribution is 2.53. The molecule has 4 rings (SSSR count). The summed E-state index contributed by atoms with van der Waals surface area (Å²) in [6.07, 6.45) is 5.91. The van der Waals surface area contributed by atoms with Crippen molar-refractivity contribution >= 4 is 17.6 Å². The van der Waals surface area contributed by atoms with Crippen LogP contribution in [0.5, 0.6) is 0 Å². The van der Waals surface area contributed by atoms with Gasteiger partial charge in [0.1, 0.15) is 5.76 Å². The fraction of sp³-hybridized carbons (Fsp3) is 0.621. The summed E-state index contributed by atoms with van der Waals surface area (Å²) < 4.78 is 5.99. The van der Waals surface area contributed by atoms with Crippen molar-refractivity contribution in [2.24, 2.45) is 17.8 Å². The average Bonchev–Trinajstić information content (AvgIpc) is 3.49. The molecule has 1 heterocycles. The van der Waals surface area contributed by atoms with E-state index in [2.05, 4.69) is 24.3 Å². The van der Waals surface area contributed by atoms with Gasteiger partial charge in [0.05, 0.1) is 5.69 Å². The maximum absolute atomic E-state index is 13.2. The lowest BCUT2D eigenvalue weighted by Gasteiger charge is -2.35. The van der Waals surface area contributed by atoms with E-state index in [0.29, 0.717) is 17.8 Å². The Morgan fingerprint density at radius 3 is 2.43 bits per heavy atom. The van der Waals surface area contributed by atoms with Crippen LogP contribution in [0.1, 0.15) is 112 Å². The van der Waals surface area contributed by atoms with E-state index in [9.17, 15) is 14.7 Å². The number of amides is 1. The van der Waals surface area contributed by atoms with Gasteiger partial charge in [0.15, 0.2) is 0 Å². The van der Waals surface area contributed by atoms with E-state index in [0.717, 1.165) is 59.9 Å². The maximum Gasteiger partial charge on any atom is 0.303 e. The van der Waals surface area contributed by atoms with Gasteiger partial charge < -0.3 is 14.9 Å². The molecule has 35 heavy (non-hydrogen) atoms. The van der Waals surface area contributed by atoms with Gasteiger partial charge in [-0.25, -0.2) is 0 Å². The molecule has 0 aliphatic heterocycles. The fourth-order valence-electron chi connectivity index (χ4n) is 5.82. The second-order valence-electron chi connectivity index (χ2n) is 11.5. The predicted molar refractivity (Wildman–Crippen MR) is 137 cm³/mol. The molecule has 1 aromatic heterocycles. The summed E-state index contributed by atoms with van der Waals surface area (Å²) >= 11 is 0. The standard InChI is InChI=1S/C29H40N2O4/c1-16(2)10-20-13-22(14-20)29-27(21-7-8-21)28(31-35-29)23(18(4)12-26(33)34)15-25(32)30-24-9-6-17(3)11-19(24)5/h6,9,11,16,18,20-23H,7-8,10,12-15H2,1-5H3,(H,30,32)(H,33,34). The van der Waals surface area contributed by atoms with E-state index in [1.54, 1.807) is 0 Å². The minimum absolute atomic E-state index is 0.00625. The van der Waals surface area contributed by atoms with Crippen LogP contribution in [0.25, 0.3) is 0 Å². The number of carboxylic acid groups (broad SMARTS) is 1. The molecule has 6 nitrogen and oxygen atoms in total. The highest BCUT2D eigenvalue weighted by Gasteiger charge is 2.42. The van der Waals surface area contributed by atoms with Crippen LogP contribution in [0, 0.1) is 31.6 Å². The number of aromatic nitrogens is 1. The van der Waals surface area contributed by atoms with Crippen LogP contribution < -0.4 is 5.32 Å². The van der Waals surface area contributed by atoms with E-state index in [-0.39, 0.29) is 30.6 Å². The number of nitrogens with zero attached hydrogens (tertiary/aromatic N) is 1. The van der Waals surface area contributed by atoms with Crippen molar-refractivity contribution in [3.8, 4) is 0 Å². The first-order valence-corrected chi connectivity index (χ1v) is 13.2.